The summed E-state index contributed by atoms with van der Waals surface area (Å²) in [4.78, 5) is 1.61. The Morgan fingerprint density at radius 1 is 0.629 bits per heavy atom. The summed E-state index contributed by atoms with van der Waals surface area (Å²) in [6, 6.07) is 13.2. The molecule has 2 saturated heterocycles. The lowest BCUT2D eigenvalue weighted by atomic mass is 10.3. The largest absolute Gasteiger partial charge is 0.283 e. The van der Waals surface area contributed by atoms with Gasteiger partial charge in [0.05, 0.1) is 33.5 Å². The summed E-state index contributed by atoms with van der Waals surface area (Å²) in [7, 11) is -14.3. The normalized spacial score (nSPS) is 23.7. The smallest absolute Gasteiger partial charge is 0.236 e. The van der Waals surface area contributed by atoms with Gasteiger partial charge in [0.25, 0.3) is 0 Å². The minimum Gasteiger partial charge on any atom is -0.283 e. The number of hydrogen-bond donors (Lipinski definition) is 2. The molecule has 2 aromatic carbocycles. The number of anilines is 2. The second-order valence-electron chi connectivity index (χ2n) is 8.50. The first-order valence-electron chi connectivity index (χ1n) is 10.6. The van der Waals surface area contributed by atoms with Crippen LogP contribution < -0.4 is 9.44 Å². The predicted octanol–water partition coefficient (Wildman–Crippen LogP) is 1.70. The molecule has 0 amide bonds. The van der Waals surface area contributed by atoms with E-state index in [-0.39, 0.29) is 35.9 Å². The van der Waals surface area contributed by atoms with Crippen LogP contribution in [-0.4, -0.2) is 67.2 Å². The quantitative estimate of drug-likeness (QED) is 0.473. The van der Waals surface area contributed by atoms with Crippen LogP contribution in [0.4, 0.5) is 11.4 Å². The lowest BCUT2D eigenvalue weighted by molar-refractivity contribution is 0.586. The Kier molecular flexibility index (Phi) is 7.18. The third-order valence-corrected chi connectivity index (χ3v) is 14.3. The highest BCUT2D eigenvalue weighted by atomic mass is 32.2. The van der Waals surface area contributed by atoms with Gasteiger partial charge >= 0.3 is 0 Å². The molecule has 2 fully saturated rings. The molecule has 0 aliphatic carbocycles. The van der Waals surface area contributed by atoms with E-state index >= 15 is 0 Å². The third-order valence-electron chi connectivity index (χ3n) is 5.72. The van der Waals surface area contributed by atoms with Crippen LogP contribution in [0.5, 0.6) is 0 Å². The zero-order chi connectivity index (χ0) is 25.5. The molecule has 2 aliphatic rings. The number of benzene rings is 2. The van der Waals surface area contributed by atoms with Crippen molar-refractivity contribution in [3.05, 3.63) is 48.5 Å². The lowest BCUT2D eigenvalue weighted by Gasteiger charge is -2.13. The standard InChI is InChI=1S/C20H24N2O8S5/c23-32(24)11-9-19(13-32)34(27,28)21-15-1-5-17(6-2-15)31-18-7-3-16(4-8-18)22-35(29,30)20-10-12-33(25,26)14-20/h1-8,19-22H,9-14H2. The zero-order valence-electron chi connectivity index (χ0n) is 18.3. The fourth-order valence-corrected chi connectivity index (χ4v) is 12.8. The van der Waals surface area contributed by atoms with Gasteiger partial charge in [-0.05, 0) is 61.4 Å². The third kappa shape index (κ3) is 6.70. The van der Waals surface area contributed by atoms with Crippen LogP contribution in [0.2, 0.25) is 0 Å². The van der Waals surface area contributed by atoms with E-state index in [4.69, 9.17) is 0 Å². The van der Waals surface area contributed by atoms with E-state index in [0.717, 1.165) is 9.79 Å². The van der Waals surface area contributed by atoms with Gasteiger partial charge in [-0.15, -0.1) is 0 Å². The predicted molar refractivity (Wildman–Crippen MR) is 136 cm³/mol. The Hall–Kier alpha value is -1.81. The summed E-state index contributed by atoms with van der Waals surface area (Å²) < 4.78 is 101. The Labute approximate surface area is 209 Å². The van der Waals surface area contributed by atoms with E-state index in [1.54, 1.807) is 48.5 Å². The van der Waals surface area contributed by atoms with Crippen LogP contribution >= 0.6 is 11.8 Å². The van der Waals surface area contributed by atoms with E-state index in [9.17, 15) is 33.7 Å². The summed E-state index contributed by atoms with van der Waals surface area (Å²) in [6.45, 7) is 0. The molecule has 2 atom stereocenters. The lowest BCUT2D eigenvalue weighted by Crippen LogP contribution is -2.28. The molecule has 0 bridgehead atoms. The van der Waals surface area contributed by atoms with Crippen LogP contribution in [0.15, 0.2) is 58.3 Å². The van der Waals surface area contributed by atoms with Crippen LogP contribution in [0.25, 0.3) is 0 Å². The van der Waals surface area contributed by atoms with Gasteiger partial charge in [-0.25, -0.2) is 33.7 Å². The molecular weight excluding hydrogens is 557 g/mol. The first kappa shape index (κ1) is 26.3. The van der Waals surface area contributed by atoms with Crippen molar-refractivity contribution in [2.45, 2.75) is 33.1 Å². The van der Waals surface area contributed by atoms with Crippen LogP contribution in [0, 0.1) is 0 Å². The number of sulfone groups is 2. The van der Waals surface area contributed by atoms with Crippen LogP contribution in [-0.2, 0) is 39.7 Å². The zero-order valence-corrected chi connectivity index (χ0v) is 22.4. The fourth-order valence-electron chi connectivity index (χ4n) is 3.82. The van der Waals surface area contributed by atoms with Crippen molar-refractivity contribution in [1.29, 1.82) is 0 Å². The second kappa shape index (κ2) is 9.57. The summed E-state index contributed by atoms with van der Waals surface area (Å²) in [6.07, 6.45) is 0.162. The molecule has 15 heteroatoms. The highest BCUT2D eigenvalue weighted by molar-refractivity contribution is 7.99. The summed E-state index contributed by atoms with van der Waals surface area (Å²) in [5.41, 5.74) is 0.662. The number of nitrogens with one attached hydrogen (secondary N) is 2. The van der Waals surface area contributed by atoms with Crippen molar-refractivity contribution >= 4 is 62.9 Å². The van der Waals surface area contributed by atoms with Gasteiger partial charge in [0.15, 0.2) is 19.7 Å². The molecule has 0 radical (unpaired) electrons. The van der Waals surface area contributed by atoms with Crippen molar-refractivity contribution in [3.8, 4) is 0 Å². The summed E-state index contributed by atoms with van der Waals surface area (Å²) in [5, 5.41) is -1.92. The van der Waals surface area contributed by atoms with Crippen LogP contribution in [0.1, 0.15) is 12.8 Å². The molecule has 4 rings (SSSR count). The molecule has 2 heterocycles. The van der Waals surface area contributed by atoms with Gasteiger partial charge in [0.2, 0.25) is 20.0 Å². The van der Waals surface area contributed by atoms with E-state index in [0.29, 0.717) is 11.4 Å². The summed E-state index contributed by atoms with van der Waals surface area (Å²) >= 11 is 1.38. The Morgan fingerprint density at radius 3 is 1.26 bits per heavy atom. The highest BCUT2D eigenvalue weighted by Crippen LogP contribution is 2.31. The molecule has 0 spiro atoms. The number of sulfonamides is 2. The van der Waals surface area contributed by atoms with Crippen molar-refractivity contribution < 1.29 is 33.7 Å². The SMILES string of the molecule is O=S1(=O)CCC(S(=O)(=O)Nc2ccc(Sc3ccc(NS(=O)(=O)C4CCS(=O)(=O)C4)cc3)cc2)C1. The minimum absolute atomic E-state index is 0.0809. The highest BCUT2D eigenvalue weighted by Gasteiger charge is 2.38. The molecule has 192 valence electrons. The van der Waals surface area contributed by atoms with Gasteiger partial charge in [0, 0.05) is 21.2 Å². The molecule has 10 nitrogen and oxygen atoms in total. The Morgan fingerprint density at radius 2 is 0.971 bits per heavy atom. The van der Waals surface area contributed by atoms with E-state index < -0.39 is 50.2 Å². The van der Waals surface area contributed by atoms with E-state index in [2.05, 4.69) is 9.44 Å². The molecule has 2 aliphatic heterocycles. The molecule has 2 unspecified atom stereocenters. The molecule has 2 N–H and O–H groups in total. The maximum atomic E-state index is 12.5. The Bertz CT molecular complexity index is 1400. The van der Waals surface area contributed by atoms with Gasteiger partial charge in [0.1, 0.15) is 0 Å². The second-order valence-corrected chi connectivity index (χ2v) is 18.0. The van der Waals surface area contributed by atoms with E-state index in [1.807, 2.05) is 0 Å². The summed E-state index contributed by atoms with van der Waals surface area (Å²) in [5.74, 6) is -1.00. The maximum absolute atomic E-state index is 12.5. The topological polar surface area (TPSA) is 161 Å². The molecule has 2 aromatic rings. The van der Waals surface area contributed by atoms with Crippen molar-refractivity contribution in [1.82, 2.24) is 0 Å². The maximum Gasteiger partial charge on any atom is 0.236 e. The first-order chi connectivity index (χ1) is 16.2. The average Bonchev–Trinajstić information content (AvgIpc) is 3.32. The van der Waals surface area contributed by atoms with Crippen LogP contribution in [0.3, 0.4) is 0 Å². The van der Waals surface area contributed by atoms with Gasteiger partial charge < -0.3 is 0 Å². The van der Waals surface area contributed by atoms with E-state index in [1.165, 1.54) is 11.8 Å². The number of hydrogen-bond acceptors (Lipinski definition) is 9. The first-order valence-corrected chi connectivity index (χ1v) is 18.1. The fraction of sp³-hybridized carbons (Fsp3) is 0.400. The average molecular weight is 581 g/mol. The molecule has 35 heavy (non-hydrogen) atoms. The minimum atomic E-state index is -3.81. The van der Waals surface area contributed by atoms with Crippen molar-refractivity contribution in [3.63, 3.8) is 0 Å². The Balaban J connectivity index is 1.35. The molecule has 0 aromatic heterocycles. The molecule has 0 saturated carbocycles. The van der Waals surface area contributed by atoms with Gasteiger partial charge in [-0.3, -0.25) is 9.44 Å². The number of rotatable bonds is 8. The monoisotopic (exact) mass is 580 g/mol. The van der Waals surface area contributed by atoms with Gasteiger partial charge in [-0.2, -0.15) is 0 Å². The molecular formula is C20H24N2O8S5. The van der Waals surface area contributed by atoms with Gasteiger partial charge in [-0.1, -0.05) is 11.8 Å². The van der Waals surface area contributed by atoms with Crippen molar-refractivity contribution in [2.24, 2.45) is 0 Å². The van der Waals surface area contributed by atoms with Crippen molar-refractivity contribution in [2.75, 3.05) is 32.5 Å².